The van der Waals surface area contributed by atoms with E-state index in [4.69, 9.17) is 31.5 Å². The Morgan fingerprint density at radius 1 is 1.23 bits per heavy atom. The summed E-state index contributed by atoms with van der Waals surface area (Å²) >= 11 is 6.13. The summed E-state index contributed by atoms with van der Waals surface area (Å²) in [5.74, 6) is -1.04. The number of nitrogens with one attached hydrogen (secondary N) is 1. The number of nitrogens with zero attached hydrogens (tertiary/aromatic N) is 5. The number of fused-ring (bicyclic) bond motifs is 1. The third-order valence-corrected chi connectivity index (χ3v) is 7.74. The lowest BCUT2D eigenvalue weighted by atomic mass is 10.1. The summed E-state index contributed by atoms with van der Waals surface area (Å²) in [5.41, 5.74) is 5.58. The van der Waals surface area contributed by atoms with Crippen LogP contribution >= 0.6 is 19.7 Å². The van der Waals surface area contributed by atoms with Crippen molar-refractivity contribution in [2.24, 2.45) is 0 Å². The van der Waals surface area contributed by atoms with Gasteiger partial charge in [-0.2, -0.15) is 4.67 Å². The van der Waals surface area contributed by atoms with Crippen LogP contribution in [0, 0.1) is 0 Å². The minimum Gasteiger partial charge on any atom is -0.462 e. The highest BCUT2D eigenvalue weighted by Crippen LogP contribution is 2.34. The van der Waals surface area contributed by atoms with Crippen molar-refractivity contribution in [3.8, 4) is 0 Å². The number of amides is 1. The molecule has 2 heterocycles. The standard InChI is InChI=1S/C24H33ClN7O6P/c1-5-36-10-11-37-23(34)24(3,4)32(39(35)30-22(33)17-8-6-7-9-18(17)25)15-38-16(2)12-31-14-29-19-20(26)27-13-28-21(19)31/h6-9,13-14,16,39H,5,10-12,15H2,1-4H3,(H2,26,27,28)(H,30,33,35)/t16-/m1/s1. The van der Waals surface area contributed by atoms with E-state index in [1.165, 1.54) is 30.9 Å². The van der Waals surface area contributed by atoms with Crippen LogP contribution in [0.15, 0.2) is 36.9 Å². The minimum atomic E-state index is -3.11. The number of nitrogen functional groups attached to an aromatic ring is 1. The van der Waals surface area contributed by atoms with E-state index in [1.54, 1.807) is 36.0 Å². The van der Waals surface area contributed by atoms with Crippen LogP contribution in [0.3, 0.4) is 0 Å². The van der Waals surface area contributed by atoms with E-state index < -0.39 is 31.6 Å². The lowest BCUT2D eigenvalue weighted by Gasteiger charge is -2.35. The summed E-state index contributed by atoms with van der Waals surface area (Å²) in [4.78, 5) is 38.2. The van der Waals surface area contributed by atoms with Gasteiger partial charge in [-0.3, -0.25) is 19.2 Å². The molecule has 2 atom stereocenters. The van der Waals surface area contributed by atoms with Gasteiger partial charge in [0.1, 0.15) is 30.7 Å². The average molecular weight is 582 g/mol. The fourth-order valence-corrected chi connectivity index (χ4v) is 5.02. The molecule has 1 amide bonds. The molecule has 0 spiro atoms. The Kier molecular flexibility index (Phi) is 10.8. The molecule has 0 aliphatic carbocycles. The number of anilines is 1. The van der Waals surface area contributed by atoms with Gasteiger partial charge in [-0.25, -0.2) is 15.0 Å². The second kappa shape index (κ2) is 13.8. The molecule has 0 fully saturated rings. The number of hydrogen-bond acceptors (Lipinski definition) is 10. The smallest absolute Gasteiger partial charge is 0.326 e. The largest absolute Gasteiger partial charge is 0.462 e. The zero-order valence-corrected chi connectivity index (χ0v) is 24.0. The number of benzene rings is 1. The van der Waals surface area contributed by atoms with Crippen LogP contribution in [-0.2, 0) is 30.1 Å². The summed E-state index contributed by atoms with van der Waals surface area (Å²) in [7, 11) is -3.11. The maximum atomic E-state index is 13.5. The number of ether oxygens (including phenoxy) is 3. The first-order chi connectivity index (χ1) is 18.6. The number of rotatable bonds is 14. The van der Waals surface area contributed by atoms with Crippen LogP contribution in [-0.4, -0.2) is 74.3 Å². The van der Waals surface area contributed by atoms with E-state index in [1.807, 2.05) is 6.92 Å². The summed E-state index contributed by atoms with van der Waals surface area (Å²) in [5, 5.41) is 2.67. The Balaban J connectivity index is 1.75. The van der Waals surface area contributed by atoms with Gasteiger partial charge < -0.3 is 24.5 Å². The number of carbonyl (C=O) groups is 2. The Labute approximate surface area is 231 Å². The summed E-state index contributed by atoms with van der Waals surface area (Å²) in [6, 6.07) is 6.37. The first kappa shape index (κ1) is 30.5. The number of esters is 1. The fourth-order valence-electron chi connectivity index (χ4n) is 3.54. The molecular formula is C24H33ClN7O6P. The molecule has 39 heavy (non-hydrogen) atoms. The number of hydrogen-bond donors (Lipinski definition) is 2. The second-order valence-corrected chi connectivity index (χ2v) is 10.8. The molecule has 1 aromatic carbocycles. The highest BCUT2D eigenvalue weighted by Gasteiger charge is 2.40. The van der Waals surface area contributed by atoms with Crippen LogP contribution in [0.5, 0.6) is 0 Å². The van der Waals surface area contributed by atoms with Crippen LogP contribution in [0.4, 0.5) is 5.82 Å². The molecule has 0 aliphatic heterocycles. The predicted octanol–water partition coefficient (Wildman–Crippen LogP) is 2.90. The maximum absolute atomic E-state index is 13.5. The number of imidazole rings is 1. The van der Waals surface area contributed by atoms with Crippen molar-refractivity contribution in [2.45, 2.75) is 45.9 Å². The Bertz CT molecular complexity index is 1320. The number of halogens is 1. The van der Waals surface area contributed by atoms with E-state index in [0.29, 0.717) is 24.3 Å². The maximum Gasteiger partial charge on any atom is 0.326 e. The average Bonchev–Trinajstić information content (AvgIpc) is 3.30. The van der Waals surface area contributed by atoms with Crippen molar-refractivity contribution < 1.29 is 28.4 Å². The van der Waals surface area contributed by atoms with E-state index >= 15 is 0 Å². The molecule has 15 heteroatoms. The van der Waals surface area contributed by atoms with Gasteiger partial charge in [0, 0.05) is 6.61 Å². The molecule has 212 valence electrons. The van der Waals surface area contributed by atoms with Crippen LogP contribution < -0.4 is 10.8 Å². The van der Waals surface area contributed by atoms with Crippen molar-refractivity contribution in [3.63, 3.8) is 0 Å². The number of carbonyl (C=O) groups excluding carboxylic acids is 2. The molecule has 2 aromatic heterocycles. The van der Waals surface area contributed by atoms with Crippen LogP contribution in [0.2, 0.25) is 5.02 Å². The highest BCUT2D eigenvalue weighted by molar-refractivity contribution is 7.40. The minimum absolute atomic E-state index is 0.0206. The molecule has 3 rings (SSSR count). The van der Waals surface area contributed by atoms with E-state index in [-0.39, 0.29) is 36.3 Å². The number of nitrogens with two attached hydrogens (primary N) is 1. The molecular weight excluding hydrogens is 549 g/mol. The molecule has 13 nitrogen and oxygen atoms in total. The molecule has 0 saturated carbocycles. The monoisotopic (exact) mass is 581 g/mol. The molecule has 1 unspecified atom stereocenters. The zero-order chi connectivity index (χ0) is 28.6. The zero-order valence-electron chi connectivity index (χ0n) is 22.2. The van der Waals surface area contributed by atoms with E-state index in [9.17, 15) is 14.2 Å². The molecule has 3 N–H and O–H groups in total. The summed E-state index contributed by atoms with van der Waals surface area (Å²) < 4.78 is 33.0. The molecule has 0 bridgehead atoms. The highest BCUT2D eigenvalue weighted by atomic mass is 35.5. The topological polar surface area (TPSA) is 164 Å². The first-order valence-corrected chi connectivity index (χ1v) is 13.9. The second-order valence-electron chi connectivity index (χ2n) is 8.99. The Morgan fingerprint density at radius 3 is 2.69 bits per heavy atom. The molecule has 0 radical (unpaired) electrons. The first-order valence-electron chi connectivity index (χ1n) is 12.2. The van der Waals surface area contributed by atoms with Gasteiger partial charge >= 0.3 is 5.97 Å². The van der Waals surface area contributed by atoms with Crippen molar-refractivity contribution >= 4 is 48.6 Å². The van der Waals surface area contributed by atoms with Gasteiger partial charge in [-0.15, -0.1) is 0 Å². The van der Waals surface area contributed by atoms with Gasteiger partial charge in [0.25, 0.3) is 5.91 Å². The third kappa shape index (κ3) is 7.74. The van der Waals surface area contributed by atoms with Crippen molar-refractivity contribution in [3.05, 3.63) is 47.5 Å². The van der Waals surface area contributed by atoms with Gasteiger partial charge in [-0.05, 0) is 39.8 Å². The SMILES string of the molecule is CCOCCOC(=O)C(C)(C)N(CO[C@H](C)Cn1cnc2c(N)ncnc21)[PH](=O)NC(=O)c1ccccc1Cl. The van der Waals surface area contributed by atoms with E-state index in [0.717, 1.165) is 0 Å². The molecule has 3 aromatic rings. The Hall–Kier alpha value is -3.09. The quantitative estimate of drug-likeness (QED) is 0.124. The fraction of sp³-hybridized carbons (Fsp3) is 0.458. The van der Waals surface area contributed by atoms with Crippen LogP contribution in [0.25, 0.3) is 11.2 Å². The van der Waals surface area contributed by atoms with Crippen molar-refractivity contribution in [1.82, 2.24) is 29.3 Å². The number of aromatic nitrogens is 4. The molecule has 0 saturated heterocycles. The Morgan fingerprint density at radius 2 is 1.97 bits per heavy atom. The van der Waals surface area contributed by atoms with Crippen LogP contribution in [0.1, 0.15) is 38.1 Å². The summed E-state index contributed by atoms with van der Waals surface area (Å²) in [6.45, 7) is 7.48. The van der Waals surface area contributed by atoms with Gasteiger partial charge in [0.15, 0.2) is 11.5 Å². The third-order valence-electron chi connectivity index (χ3n) is 5.79. The van der Waals surface area contributed by atoms with Crippen molar-refractivity contribution in [1.29, 1.82) is 0 Å². The molecule has 0 aliphatic rings. The lowest BCUT2D eigenvalue weighted by Crippen LogP contribution is -2.50. The van der Waals surface area contributed by atoms with Gasteiger partial charge in [0.2, 0.25) is 8.10 Å². The van der Waals surface area contributed by atoms with Gasteiger partial charge in [-0.1, -0.05) is 23.7 Å². The predicted molar refractivity (Wildman–Crippen MR) is 146 cm³/mol. The van der Waals surface area contributed by atoms with Gasteiger partial charge in [0.05, 0.1) is 36.2 Å². The normalized spacial score (nSPS) is 13.4. The lowest BCUT2D eigenvalue weighted by molar-refractivity contribution is -0.157. The van der Waals surface area contributed by atoms with Crippen molar-refractivity contribution in [2.75, 3.05) is 32.3 Å². The summed E-state index contributed by atoms with van der Waals surface area (Å²) in [6.07, 6.45) is 2.47. The van der Waals surface area contributed by atoms with E-state index in [2.05, 4.69) is 20.0 Å².